The predicted octanol–water partition coefficient (Wildman–Crippen LogP) is 3.04. The van der Waals surface area contributed by atoms with Crippen LogP contribution in [0, 0.1) is 5.21 Å². The number of pyridine rings is 1. The van der Waals surface area contributed by atoms with Crippen LogP contribution in [0.5, 0.6) is 0 Å². The molecule has 1 amide bonds. The van der Waals surface area contributed by atoms with E-state index in [1.807, 2.05) is 0 Å². The number of benzene rings is 1. The third-order valence-corrected chi connectivity index (χ3v) is 4.24. The number of aromatic nitrogens is 1. The summed E-state index contributed by atoms with van der Waals surface area (Å²) in [6, 6.07) is 10.2. The summed E-state index contributed by atoms with van der Waals surface area (Å²) in [6.45, 7) is 0.321. The molecule has 4 nitrogen and oxygen atoms in total. The molecule has 1 heterocycles. The fraction of sp³-hybridized carbons (Fsp3) is 0.143. The molecule has 0 aliphatic heterocycles. The van der Waals surface area contributed by atoms with Crippen LogP contribution in [-0.2, 0) is 11.3 Å². The lowest BCUT2D eigenvalue weighted by Gasteiger charge is -2.07. The summed E-state index contributed by atoms with van der Waals surface area (Å²) in [4.78, 5) is 11.8. The maximum Gasteiger partial charge on any atom is 0.251 e. The van der Waals surface area contributed by atoms with E-state index in [1.54, 1.807) is 36.4 Å². The van der Waals surface area contributed by atoms with Gasteiger partial charge in [0.1, 0.15) is 0 Å². The number of thioether (sulfide) groups is 1. The van der Waals surface area contributed by atoms with Crippen LogP contribution >= 0.6 is 35.0 Å². The summed E-state index contributed by atoms with van der Waals surface area (Å²) in [5, 5.41) is 15.7. The average molecular weight is 343 g/mol. The first-order chi connectivity index (χ1) is 10.1. The minimum atomic E-state index is -0.171. The summed E-state index contributed by atoms with van der Waals surface area (Å²) >= 11 is 13.0. The van der Waals surface area contributed by atoms with Crippen LogP contribution in [0.2, 0.25) is 10.0 Å². The second-order valence-electron chi connectivity index (χ2n) is 4.17. The van der Waals surface area contributed by atoms with Crippen LogP contribution in [0.1, 0.15) is 5.56 Å². The molecule has 0 fully saturated rings. The van der Waals surface area contributed by atoms with Gasteiger partial charge in [0, 0.05) is 28.7 Å². The Balaban J connectivity index is 1.84. The molecule has 0 unspecified atom stereocenters. The molecule has 0 bridgehead atoms. The van der Waals surface area contributed by atoms with Crippen molar-refractivity contribution in [3.05, 3.63) is 63.4 Å². The van der Waals surface area contributed by atoms with Crippen molar-refractivity contribution in [2.75, 3.05) is 5.75 Å². The highest BCUT2D eigenvalue weighted by molar-refractivity contribution is 7.99. The first-order valence-electron chi connectivity index (χ1n) is 6.08. The molecule has 0 saturated heterocycles. The van der Waals surface area contributed by atoms with Crippen LogP contribution in [0.4, 0.5) is 0 Å². The highest BCUT2D eigenvalue weighted by atomic mass is 35.5. The van der Waals surface area contributed by atoms with Crippen molar-refractivity contribution in [2.24, 2.45) is 0 Å². The number of nitrogens with zero attached hydrogens (tertiary/aromatic N) is 1. The highest BCUT2D eigenvalue weighted by Gasteiger charge is 2.09. The summed E-state index contributed by atoms with van der Waals surface area (Å²) in [7, 11) is 0. The molecule has 21 heavy (non-hydrogen) atoms. The van der Waals surface area contributed by atoms with E-state index in [0.717, 1.165) is 10.3 Å². The SMILES string of the molecule is O=C(CSc1cccc[n+]1[O-])NCc1ccc(Cl)cc1Cl. The number of halogens is 2. The fourth-order valence-electron chi connectivity index (χ4n) is 1.57. The summed E-state index contributed by atoms with van der Waals surface area (Å²) in [5.74, 6) is -0.00727. The van der Waals surface area contributed by atoms with Crippen LogP contribution in [0.25, 0.3) is 0 Å². The van der Waals surface area contributed by atoms with Gasteiger partial charge in [-0.05, 0) is 35.5 Å². The van der Waals surface area contributed by atoms with Crippen LogP contribution < -0.4 is 10.0 Å². The maximum absolute atomic E-state index is 11.8. The molecule has 7 heteroatoms. The zero-order valence-corrected chi connectivity index (χ0v) is 13.2. The zero-order chi connectivity index (χ0) is 15.2. The lowest BCUT2D eigenvalue weighted by Crippen LogP contribution is -2.29. The van der Waals surface area contributed by atoms with E-state index in [-0.39, 0.29) is 11.7 Å². The van der Waals surface area contributed by atoms with Gasteiger partial charge in [-0.2, -0.15) is 4.73 Å². The lowest BCUT2D eigenvalue weighted by atomic mass is 10.2. The third kappa shape index (κ3) is 4.81. The third-order valence-electron chi connectivity index (χ3n) is 2.63. The first kappa shape index (κ1) is 15.9. The molecule has 1 N–H and O–H groups in total. The van der Waals surface area contributed by atoms with Crippen molar-refractivity contribution in [2.45, 2.75) is 11.6 Å². The van der Waals surface area contributed by atoms with Crippen molar-refractivity contribution >= 4 is 40.9 Å². The van der Waals surface area contributed by atoms with Gasteiger partial charge < -0.3 is 10.5 Å². The van der Waals surface area contributed by atoms with Crippen molar-refractivity contribution in [3.63, 3.8) is 0 Å². The predicted molar refractivity (Wildman–Crippen MR) is 84.4 cm³/mol. The molecule has 0 aliphatic carbocycles. The minimum Gasteiger partial charge on any atom is -0.618 e. The molecule has 1 aromatic heterocycles. The van der Waals surface area contributed by atoms with Gasteiger partial charge in [0.05, 0.1) is 5.75 Å². The van der Waals surface area contributed by atoms with Crippen LogP contribution in [-0.4, -0.2) is 11.7 Å². The molecule has 0 aliphatic rings. The molecule has 2 rings (SSSR count). The Labute approximate surface area is 136 Å². The first-order valence-corrected chi connectivity index (χ1v) is 7.82. The van der Waals surface area contributed by atoms with E-state index in [9.17, 15) is 10.0 Å². The molecule has 0 radical (unpaired) electrons. The monoisotopic (exact) mass is 342 g/mol. The van der Waals surface area contributed by atoms with Gasteiger partial charge in [0.2, 0.25) is 5.91 Å². The molecule has 0 saturated carbocycles. The van der Waals surface area contributed by atoms with Gasteiger partial charge in [-0.3, -0.25) is 4.79 Å². The Morgan fingerprint density at radius 3 is 2.81 bits per heavy atom. The van der Waals surface area contributed by atoms with Gasteiger partial charge in [-0.25, -0.2) is 0 Å². The van der Waals surface area contributed by atoms with Crippen molar-refractivity contribution in [1.29, 1.82) is 0 Å². The maximum atomic E-state index is 11.8. The fourth-order valence-corrected chi connectivity index (χ4v) is 2.79. The summed E-state index contributed by atoms with van der Waals surface area (Å²) < 4.78 is 0.730. The Hall–Kier alpha value is -1.43. The van der Waals surface area contributed by atoms with Crippen LogP contribution in [0.15, 0.2) is 47.6 Å². The molecule has 0 atom stereocenters. The van der Waals surface area contributed by atoms with Gasteiger partial charge in [0.15, 0.2) is 6.20 Å². The van der Waals surface area contributed by atoms with Crippen molar-refractivity contribution in [3.8, 4) is 0 Å². The smallest absolute Gasteiger partial charge is 0.251 e. The summed E-state index contributed by atoms with van der Waals surface area (Å²) in [6.07, 6.45) is 1.40. The Bertz CT molecular complexity index is 653. The minimum absolute atomic E-state index is 0.164. The molecular weight excluding hydrogens is 331 g/mol. The van der Waals surface area contributed by atoms with Gasteiger partial charge in [-0.1, -0.05) is 29.3 Å². The molecule has 110 valence electrons. The molecule has 2 aromatic rings. The second-order valence-corrected chi connectivity index (χ2v) is 6.01. The number of rotatable bonds is 5. The van der Waals surface area contributed by atoms with E-state index in [0.29, 0.717) is 21.6 Å². The topological polar surface area (TPSA) is 56.0 Å². The quantitative estimate of drug-likeness (QED) is 0.516. The molecule has 0 spiro atoms. The zero-order valence-electron chi connectivity index (χ0n) is 10.9. The van der Waals surface area contributed by atoms with Crippen molar-refractivity contribution < 1.29 is 9.52 Å². The van der Waals surface area contributed by atoms with E-state index in [4.69, 9.17) is 23.2 Å². The highest BCUT2D eigenvalue weighted by Crippen LogP contribution is 2.20. The number of amides is 1. The van der Waals surface area contributed by atoms with Gasteiger partial charge in [-0.15, -0.1) is 0 Å². The second kappa shape index (κ2) is 7.54. The van der Waals surface area contributed by atoms with Crippen LogP contribution in [0.3, 0.4) is 0 Å². The number of nitrogens with one attached hydrogen (secondary N) is 1. The Morgan fingerprint density at radius 1 is 1.29 bits per heavy atom. The standard InChI is InChI=1S/C14H12Cl2N2O2S/c15-11-5-4-10(12(16)7-11)8-17-13(19)9-21-14-3-1-2-6-18(14)20/h1-7H,8-9H2,(H,17,19). The van der Waals surface area contributed by atoms with Gasteiger partial charge >= 0.3 is 0 Å². The number of hydrogen-bond acceptors (Lipinski definition) is 3. The van der Waals surface area contributed by atoms with E-state index < -0.39 is 0 Å². The van der Waals surface area contributed by atoms with E-state index in [2.05, 4.69) is 5.32 Å². The molecular formula is C14H12Cl2N2O2S. The van der Waals surface area contributed by atoms with E-state index in [1.165, 1.54) is 18.0 Å². The Morgan fingerprint density at radius 2 is 2.10 bits per heavy atom. The van der Waals surface area contributed by atoms with E-state index >= 15 is 0 Å². The number of hydrogen-bond donors (Lipinski definition) is 1. The largest absolute Gasteiger partial charge is 0.618 e. The number of carbonyl (C=O) groups excluding carboxylic acids is 1. The summed E-state index contributed by atoms with van der Waals surface area (Å²) in [5.41, 5.74) is 0.790. The average Bonchev–Trinajstić information content (AvgIpc) is 2.45. The molecule has 1 aromatic carbocycles. The van der Waals surface area contributed by atoms with Crippen molar-refractivity contribution in [1.82, 2.24) is 5.32 Å². The normalized spacial score (nSPS) is 10.4. The Kier molecular flexibility index (Phi) is 5.73. The van der Waals surface area contributed by atoms with Gasteiger partial charge in [0.25, 0.3) is 5.03 Å². The number of carbonyl (C=O) groups is 1. The lowest BCUT2D eigenvalue weighted by molar-refractivity contribution is -0.645.